The number of hydrogen-bond acceptors (Lipinski definition) is 3. The summed E-state index contributed by atoms with van der Waals surface area (Å²) in [5, 5.41) is 0. The van der Waals surface area contributed by atoms with Crippen LogP contribution < -0.4 is 16.0 Å². The van der Waals surface area contributed by atoms with Gasteiger partial charge in [-0.3, -0.25) is 9.59 Å². The van der Waals surface area contributed by atoms with Crippen LogP contribution in [0.25, 0.3) is 0 Å². The predicted octanol–water partition coefficient (Wildman–Crippen LogP) is 4.48. The highest BCUT2D eigenvalue weighted by Gasteiger charge is 2.07. The fourth-order valence-electron chi connectivity index (χ4n) is 3.25. The Morgan fingerprint density at radius 1 is 0.818 bits per heavy atom. The average Bonchev–Trinajstić information content (AvgIpc) is 2.82. The average molecular weight is 437 g/mol. The van der Waals surface area contributed by atoms with Crippen LogP contribution in [0.4, 0.5) is 0 Å². The molecule has 0 saturated heterocycles. The van der Waals surface area contributed by atoms with Gasteiger partial charge in [-0.15, -0.1) is 0 Å². The first kappa shape index (κ1) is 21.8. The number of hydrogen-bond donors (Lipinski definition) is 1. The first-order chi connectivity index (χ1) is 16.0. The summed E-state index contributed by atoms with van der Waals surface area (Å²) in [6.45, 7) is 2.67. The lowest BCUT2D eigenvalue weighted by atomic mass is 10.1. The number of nitrogens with zero attached hydrogens (tertiary/aromatic N) is 2. The van der Waals surface area contributed by atoms with Crippen LogP contribution in [0.15, 0.2) is 102 Å². The summed E-state index contributed by atoms with van der Waals surface area (Å²) in [4.78, 5) is 28.3. The van der Waals surface area contributed by atoms with Crippen molar-refractivity contribution in [3.8, 4) is 11.5 Å². The first-order valence-electron chi connectivity index (χ1n) is 10.5. The second kappa shape index (κ2) is 9.78. The fourth-order valence-corrected chi connectivity index (χ4v) is 3.25. The van der Waals surface area contributed by atoms with Crippen LogP contribution in [0.3, 0.4) is 0 Å². The molecule has 4 aromatic rings. The maximum absolute atomic E-state index is 12.8. The van der Waals surface area contributed by atoms with Crippen LogP contribution in [0.1, 0.15) is 31.8 Å². The Morgan fingerprint density at radius 3 is 2.03 bits per heavy atom. The lowest BCUT2D eigenvalue weighted by Gasteiger charge is -2.08. The van der Waals surface area contributed by atoms with Gasteiger partial charge in [-0.05, 0) is 73.2 Å². The van der Waals surface area contributed by atoms with Gasteiger partial charge >= 0.3 is 0 Å². The number of benzene rings is 3. The molecule has 0 fully saturated rings. The lowest BCUT2D eigenvalue weighted by molar-refractivity contribution is 0.0990. The Bertz CT molecular complexity index is 1340. The number of pyridine rings is 1. The van der Waals surface area contributed by atoms with E-state index in [1.807, 2.05) is 29.0 Å². The third-order valence-corrected chi connectivity index (χ3v) is 5.08. The zero-order valence-electron chi connectivity index (χ0n) is 18.1. The normalized spacial score (nSPS) is 11.2. The molecule has 33 heavy (non-hydrogen) atoms. The van der Waals surface area contributed by atoms with E-state index in [4.69, 9.17) is 10.5 Å². The molecule has 0 atom stereocenters. The smallest absolute Gasteiger partial charge is 0.278 e. The van der Waals surface area contributed by atoms with Crippen LogP contribution in [0.5, 0.6) is 11.5 Å². The summed E-state index contributed by atoms with van der Waals surface area (Å²) in [5.74, 6) is 0.292. The van der Waals surface area contributed by atoms with Crippen molar-refractivity contribution in [2.45, 2.75) is 13.5 Å². The van der Waals surface area contributed by atoms with E-state index in [9.17, 15) is 9.59 Å². The molecule has 1 heterocycles. The van der Waals surface area contributed by atoms with Gasteiger partial charge in [0.25, 0.3) is 5.91 Å². The Kier molecular flexibility index (Phi) is 6.45. The van der Waals surface area contributed by atoms with Crippen LogP contribution >= 0.6 is 0 Å². The van der Waals surface area contributed by atoms with Gasteiger partial charge in [0.2, 0.25) is 5.91 Å². The van der Waals surface area contributed by atoms with Crippen molar-refractivity contribution in [2.24, 2.45) is 10.7 Å². The topological polar surface area (TPSA) is 86.7 Å². The van der Waals surface area contributed by atoms with Crippen molar-refractivity contribution in [3.05, 3.63) is 125 Å². The number of rotatable bonds is 6. The number of aromatic nitrogens is 1. The highest BCUT2D eigenvalue weighted by Crippen LogP contribution is 2.22. The van der Waals surface area contributed by atoms with Crippen molar-refractivity contribution >= 4 is 11.8 Å². The SMILES string of the molecule is Cc1ccc(Cn2ccccc2=NC(=O)c2ccc(Oc3ccc(C(N)=O)cc3)cc2)cc1. The number of primary amides is 1. The summed E-state index contributed by atoms with van der Waals surface area (Å²) >= 11 is 0. The summed E-state index contributed by atoms with van der Waals surface area (Å²) in [7, 11) is 0. The van der Waals surface area contributed by atoms with E-state index in [1.165, 1.54) is 5.56 Å². The molecule has 0 unspecified atom stereocenters. The third kappa shape index (κ3) is 5.62. The number of carbonyl (C=O) groups excluding carboxylic acids is 2. The number of aryl methyl sites for hydroxylation is 1. The minimum absolute atomic E-state index is 0.337. The second-order valence-electron chi connectivity index (χ2n) is 7.60. The quantitative estimate of drug-likeness (QED) is 0.483. The van der Waals surface area contributed by atoms with Crippen molar-refractivity contribution in [1.82, 2.24) is 4.57 Å². The molecular formula is C27H23N3O3. The van der Waals surface area contributed by atoms with Crippen LogP contribution in [0, 0.1) is 6.92 Å². The Morgan fingerprint density at radius 2 is 1.42 bits per heavy atom. The molecule has 0 bridgehead atoms. The van der Waals surface area contributed by atoms with Crippen molar-refractivity contribution < 1.29 is 14.3 Å². The van der Waals surface area contributed by atoms with Gasteiger partial charge in [0, 0.05) is 23.9 Å². The predicted molar refractivity (Wildman–Crippen MR) is 126 cm³/mol. The Hall–Kier alpha value is -4.45. The molecular weight excluding hydrogens is 414 g/mol. The lowest BCUT2D eigenvalue weighted by Crippen LogP contribution is -2.22. The van der Waals surface area contributed by atoms with Gasteiger partial charge in [0.1, 0.15) is 17.0 Å². The fraction of sp³-hybridized carbons (Fsp3) is 0.0741. The number of carbonyl (C=O) groups is 2. The third-order valence-electron chi connectivity index (χ3n) is 5.08. The van der Waals surface area contributed by atoms with E-state index in [2.05, 4.69) is 36.2 Å². The molecule has 0 radical (unpaired) electrons. The van der Waals surface area contributed by atoms with E-state index in [0.717, 1.165) is 5.56 Å². The van der Waals surface area contributed by atoms with Crippen molar-refractivity contribution in [1.29, 1.82) is 0 Å². The summed E-state index contributed by atoms with van der Waals surface area (Å²) < 4.78 is 7.70. The minimum atomic E-state index is -0.494. The highest BCUT2D eigenvalue weighted by molar-refractivity contribution is 5.95. The molecule has 0 aliphatic carbocycles. The summed E-state index contributed by atoms with van der Waals surface area (Å²) in [6, 6.07) is 27.1. The van der Waals surface area contributed by atoms with Gasteiger partial charge in [0.05, 0.1) is 0 Å². The molecule has 4 rings (SSSR count). The second-order valence-corrected chi connectivity index (χ2v) is 7.60. The van der Waals surface area contributed by atoms with Gasteiger partial charge in [-0.1, -0.05) is 35.9 Å². The highest BCUT2D eigenvalue weighted by atomic mass is 16.5. The molecule has 2 amide bonds. The number of nitrogens with two attached hydrogens (primary N) is 1. The summed E-state index contributed by atoms with van der Waals surface area (Å²) in [6.07, 6.45) is 1.91. The van der Waals surface area contributed by atoms with Crippen LogP contribution in [-0.2, 0) is 6.54 Å². The largest absolute Gasteiger partial charge is 0.457 e. The van der Waals surface area contributed by atoms with E-state index in [-0.39, 0.29) is 5.91 Å². The number of ether oxygens (including phenoxy) is 1. The van der Waals surface area contributed by atoms with E-state index >= 15 is 0 Å². The molecule has 2 N–H and O–H groups in total. The number of amides is 2. The minimum Gasteiger partial charge on any atom is -0.457 e. The Balaban J connectivity index is 1.49. The molecule has 6 heteroatoms. The molecule has 0 aliphatic heterocycles. The molecule has 0 spiro atoms. The van der Waals surface area contributed by atoms with Gasteiger partial charge in [-0.25, -0.2) is 0 Å². The van der Waals surface area contributed by atoms with Crippen LogP contribution in [0.2, 0.25) is 0 Å². The molecule has 3 aromatic carbocycles. The van der Waals surface area contributed by atoms with Gasteiger partial charge < -0.3 is 15.0 Å². The van der Waals surface area contributed by atoms with E-state index < -0.39 is 5.91 Å². The molecule has 1 aromatic heterocycles. The Labute approximate surface area is 191 Å². The standard InChI is InChI=1S/C27H23N3O3/c1-19-5-7-20(8-6-19)18-30-17-3-2-4-25(30)29-27(32)22-11-15-24(16-12-22)33-23-13-9-21(10-14-23)26(28)31/h2-17H,18H2,1H3,(H2,28,31). The summed E-state index contributed by atoms with van der Waals surface area (Å²) in [5.41, 5.74) is 9.02. The van der Waals surface area contributed by atoms with E-state index in [0.29, 0.717) is 34.7 Å². The molecule has 6 nitrogen and oxygen atoms in total. The van der Waals surface area contributed by atoms with Crippen LogP contribution in [-0.4, -0.2) is 16.4 Å². The zero-order chi connectivity index (χ0) is 23.2. The first-order valence-corrected chi connectivity index (χ1v) is 10.5. The molecule has 164 valence electrons. The zero-order valence-corrected chi connectivity index (χ0v) is 18.1. The van der Waals surface area contributed by atoms with Gasteiger partial charge in [-0.2, -0.15) is 4.99 Å². The van der Waals surface area contributed by atoms with Crippen molar-refractivity contribution in [2.75, 3.05) is 0 Å². The monoisotopic (exact) mass is 437 g/mol. The molecule has 0 aliphatic rings. The van der Waals surface area contributed by atoms with Gasteiger partial charge in [0.15, 0.2) is 0 Å². The maximum atomic E-state index is 12.8. The van der Waals surface area contributed by atoms with Crippen molar-refractivity contribution in [3.63, 3.8) is 0 Å². The van der Waals surface area contributed by atoms with E-state index in [1.54, 1.807) is 48.5 Å². The maximum Gasteiger partial charge on any atom is 0.278 e. The molecule has 0 saturated carbocycles.